The first-order valence-electron chi connectivity index (χ1n) is 7.21. The molecule has 0 aromatic rings. The molecule has 1 rings (SSSR count). The fourth-order valence-corrected chi connectivity index (χ4v) is 3.25. The monoisotopic (exact) mass is 242 g/mol. The second-order valence-electron chi connectivity index (χ2n) is 5.67. The van der Waals surface area contributed by atoms with Crippen LogP contribution in [0.4, 0.5) is 0 Å². The molecule has 0 heterocycles. The summed E-state index contributed by atoms with van der Waals surface area (Å²) in [7, 11) is 0. The van der Waals surface area contributed by atoms with Crippen LogP contribution in [0, 0.1) is 5.92 Å². The molecule has 1 unspecified atom stereocenters. The van der Waals surface area contributed by atoms with Gasteiger partial charge in [0.1, 0.15) is 0 Å². The van der Waals surface area contributed by atoms with Gasteiger partial charge < -0.3 is 10.8 Å². The molecule has 102 valence electrons. The van der Waals surface area contributed by atoms with Crippen LogP contribution in [-0.4, -0.2) is 41.3 Å². The highest BCUT2D eigenvalue weighted by Gasteiger charge is 2.38. The highest BCUT2D eigenvalue weighted by Crippen LogP contribution is 2.37. The highest BCUT2D eigenvalue weighted by molar-refractivity contribution is 4.95. The van der Waals surface area contributed by atoms with E-state index in [1.807, 2.05) is 6.92 Å². The summed E-state index contributed by atoms with van der Waals surface area (Å²) in [6.45, 7) is 8.79. The molecule has 0 amide bonds. The Morgan fingerprint density at radius 1 is 1.35 bits per heavy atom. The van der Waals surface area contributed by atoms with Gasteiger partial charge in [0, 0.05) is 18.6 Å². The van der Waals surface area contributed by atoms with E-state index >= 15 is 0 Å². The van der Waals surface area contributed by atoms with Crippen LogP contribution in [-0.2, 0) is 0 Å². The van der Waals surface area contributed by atoms with Gasteiger partial charge in [-0.1, -0.05) is 20.3 Å². The van der Waals surface area contributed by atoms with Crippen LogP contribution in [0.25, 0.3) is 0 Å². The molecule has 3 heteroatoms. The summed E-state index contributed by atoms with van der Waals surface area (Å²) in [5.41, 5.74) is 6.20. The standard InChI is InChI=1S/C14H30N2O/c1-4-13-6-8-14(11-15,9-7-13)16(5-2)10-12(3)17/h12-13,17H,4-11,15H2,1-3H3. The number of nitrogens with zero attached hydrogens (tertiary/aromatic N) is 1. The zero-order valence-electron chi connectivity index (χ0n) is 11.8. The quantitative estimate of drug-likeness (QED) is 0.749. The van der Waals surface area contributed by atoms with Crippen molar-refractivity contribution in [3.05, 3.63) is 0 Å². The van der Waals surface area contributed by atoms with E-state index in [1.165, 1.54) is 32.1 Å². The molecular weight excluding hydrogens is 212 g/mol. The van der Waals surface area contributed by atoms with Crippen LogP contribution in [0.2, 0.25) is 0 Å². The second kappa shape index (κ2) is 6.72. The smallest absolute Gasteiger partial charge is 0.0639 e. The number of aliphatic hydroxyl groups excluding tert-OH is 1. The van der Waals surface area contributed by atoms with Gasteiger partial charge in [-0.2, -0.15) is 0 Å². The third-order valence-corrected chi connectivity index (χ3v) is 4.53. The maximum atomic E-state index is 9.61. The normalized spacial score (nSPS) is 31.8. The van der Waals surface area contributed by atoms with E-state index < -0.39 is 0 Å². The van der Waals surface area contributed by atoms with Crippen molar-refractivity contribution in [3.8, 4) is 0 Å². The third kappa shape index (κ3) is 3.67. The first kappa shape index (κ1) is 14.9. The van der Waals surface area contributed by atoms with Gasteiger partial charge in [0.05, 0.1) is 6.10 Å². The van der Waals surface area contributed by atoms with Crippen LogP contribution < -0.4 is 5.73 Å². The lowest BCUT2D eigenvalue weighted by Gasteiger charge is -2.47. The lowest BCUT2D eigenvalue weighted by atomic mass is 9.74. The lowest BCUT2D eigenvalue weighted by Crippen LogP contribution is -2.57. The fraction of sp³-hybridized carbons (Fsp3) is 1.00. The van der Waals surface area contributed by atoms with E-state index in [9.17, 15) is 5.11 Å². The van der Waals surface area contributed by atoms with Gasteiger partial charge in [0.25, 0.3) is 0 Å². The Kier molecular flexibility index (Phi) is 5.90. The van der Waals surface area contributed by atoms with Crippen molar-refractivity contribution in [3.63, 3.8) is 0 Å². The molecule has 1 aliphatic rings. The summed E-state index contributed by atoms with van der Waals surface area (Å²) in [5.74, 6) is 0.889. The molecule has 0 aromatic heterocycles. The first-order valence-corrected chi connectivity index (χ1v) is 7.21. The zero-order chi connectivity index (χ0) is 12.9. The van der Waals surface area contributed by atoms with E-state index in [1.54, 1.807) is 0 Å². The molecule has 1 saturated carbocycles. The molecular formula is C14H30N2O. The fourth-order valence-electron chi connectivity index (χ4n) is 3.25. The number of hydrogen-bond acceptors (Lipinski definition) is 3. The average Bonchev–Trinajstić information content (AvgIpc) is 2.35. The molecule has 1 aliphatic carbocycles. The molecule has 0 radical (unpaired) electrons. The number of β-amino-alcohol motifs (C(OH)–C–C–N with tert-alkyl or cyclic N) is 1. The lowest BCUT2D eigenvalue weighted by molar-refractivity contribution is 0.0133. The molecule has 3 N–H and O–H groups in total. The van der Waals surface area contributed by atoms with Crippen LogP contribution in [0.3, 0.4) is 0 Å². The van der Waals surface area contributed by atoms with Crippen molar-refractivity contribution in [2.45, 2.75) is 64.5 Å². The summed E-state index contributed by atoms with van der Waals surface area (Å²) >= 11 is 0. The molecule has 0 aliphatic heterocycles. The van der Waals surface area contributed by atoms with Gasteiger partial charge >= 0.3 is 0 Å². The minimum Gasteiger partial charge on any atom is -0.392 e. The van der Waals surface area contributed by atoms with Crippen molar-refractivity contribution < 1.29 is 5.11 Å². The Balaban J connectivity index is 2.67. The van der Waals surface area contributed by atoms with Gasteiger partial charge in [0.2, 0.25) is 0 Å². The molecule has 3 nitrogen and oxygen atoms in total. The molecule has 0 aromatic carbocycles. The SMILES string of the molecule is CCC1CCC(CN)(N(CC)CC(C)O)CC1. The average molecular weight is 242 g/mol. The Bertz CT molecular complexity index is 210. The minimum atomic E-state index is -0.262. The Hall–Kier alpha value is -0.120. The summed E-state index contributed by atoms with van der Waals surface area (Å²) in [4.78, 5) is 2.41. The first-order chi connectivity index (χ1) is 8.07. The number of hydrogen-bond donors (Lipinski definition) is 2. The van der Waals surface area contributed by atoms with E-state index in [0.717, 1.165) is 25.6 Å². The van der Waals surface area contributed by atoms with E-state index in [-0.39, 0.29) is 11.6 Å². The Labute approximate surface area is 106 Å². The van der Waals surface area contributed by atoms with Gasteiger partial charge in [-0.05, 0) is 45.1 Å². The number of likely N-dealkylation sites (N-methyl/N-ethyl adjacent to an activating group) is 1. The van der Waals surface area contributed by atoms with Crippen LogP contribution in [0.15, 0.2) is 0 Å². The number of rotatable bonds is 6. The summed E-state index contributed by atoms with van der Waals surface area (Å²) < 4.78 is 0. The van der Waals surface area contributed by atoms with Gasteiger partial charge in [-0.15, -0.1) is 0 Å². The topological polar surface area (TPSA) is 49.5 Å². The van der Waals surface area contributed by atoms with Crippen molar-refractivity contribution in [2.24, 2.45) is 11.7 Å². The number of nitrogens with two attached hydrogens (primary N) is 1. The Morgan fingerprint density at radius 2 is 1.94 bits per heavy atom. The van der Waals surface area contributed by atoms with Crippen molar-refractivity contribution in [1.82, 2.24) is 4.90 Å². The highest BCUT2D eigenvalue weighted by atomic mass is 16.3. The van der Waals surface area contributed by atoms with Crippen molar-refractivity contribution >= 4 is 0 Å². The van der Waals surface area contributed by atoms with Crippen LogP contribution in [0.5, 0.6) is 0 Å². The molecule has 17 heavy (non-hydrogen) atoms. The van der Waals surface area contributed by atoms with E-state index in [4.69, 9.17) is 5.73 Å². The summed E-state index contributed by atoms with van der Waals surface area (Å²) in [5, 5.41) is 9.61. The zero-order valence-corrected chi connectivity index (χ0v) is 11.8. The maximum Gasteiger partial charge on any atom is 0.0639 e. The van der Waals surface area contributed by atoms with Gasteiger partial charge in [-0.3, -0.25) is 4.90 Å². The molecule has 0 saturated heterocycles. The Morgan fingerprint density at radius 3 is 2.29 bits per heavy atom. The second-order valence-corrected chi connectivity index (χ2v) is 5.67. The molecule has 1 atom stereocenters. The van der Waals surface area contributed by atoms with Crippen molar-refractivity contribution in [2.75, 3.05) is 19.6 Å². The molecule has 1 fully saturated rings. The predicted molar refractivity (Wildman–Crippen MR) is 73.0 cm³/mol. The van der Waals surface area contributed by atoms with Crippen LogP contribution >= 0.6 is 0 Å². The van der Waals surface area contributed by atoms with Gasteiger partial charge in [0.15, 0.2) is 0 Å². The molecule has 0 spiro atoms. The summed E-state index contributed by atoms with van der Waals surface area (Å²) in [6.07, 6.45) is 6.02. The summed E-state index contributed by atoms with van der Waals surface area (Å²) in [6, 6.07) is 0. The predicted octanol–water partition coefficient (Wildman–Crippen LogP) is 1.99. The third-order valence-electron chi connectivity index (χ3n) is 4.53. The van der Waals surface area contributed by atoms with Crippen molar-refractivity contribution in [1.29, 1.82) is 0 Å². The largest absolute Gasteiger partial charge is 0.392 e. The molecule has 0 bridgehead atoms. The number of aliphatic hydroxyl groups is 1. The van der Waals surface area contributed by atoms with E-state index in [0.29, 0.717) is 0 Å². The minimum absolute atomic E-state index is 0.150. The van der Waals surface area contributed by atoms with Gasteiger partial charge in [-0.25, -0.2) is 0 Å². The van der Waals surface area contributed by atoms with E-state index in [2.05, 4.69) is 18.7 Å². The maximum absolute atomic E-state index is 9.61. The van der Waals surface area contributed by atoms with Crippen LogP contribution in [0.1, 0.15) is 52.9 Å².